The smallest absolute Gasteiger partial charge is 0.262 e. The molecular formula is C23H20FN3O4S. The van der Waals surface area contributed by atoms with Crippen molar-refractivity contribution in [2.75, 3.05) is 21.5 Å². The Morgan fingerprint density at radius 1 is 0.969 bits per heavy atom. The molecule has 0 aliphatic carbocycles. The largest absolute Gasteiger partial charge is 0.322 e. The Kier molecular flexibility index (Phi) is 5.91. The number of hydrogen-bond donors (Lipinski definition) is 2. The summed E-state index contributed by atoms with van der Waals surface area (Å²) in [5.74, 6) is -1.07. The van der Waals surface area contributed by atoms with E-state index in [-0.39, 0.29) is 22.2 Å². The van der Waals surface area contributed by atoms with Crippen molar-refractivity contribution >= 4 is 38.9 Å². The van der Waals surface area contributed by atoms with Crippen molar-refractivity contribution in [3.63, 3.8) is 0 Å². The second kappa shape index (κ2) is 8.80. The summed E-state index contributed by atoms with van der Waals surface area (Å²) in [6.45, 7) is 0.659. The van der Waals surface area contributed by atoms with Gasteiger partial charge in [-0.1, -0.05) is 18.2 Å². The molecule has 32 heavy (non-hydrogen) atoms. The number of amides is 2. The van der Waals surface area contributed by atoms with E-state index in [9.17, 15) is 22.4 Å². The van der Waals surface area contributed by atoms with Crippen molar-refractivity contribution in [1.29, 1.82) is 0 Å². The number of carbonyl (C=O) groups excluding carboxylic acids is 2. The van der Waals surface area contributed by atoms with Crippen molar-refractivity contribution in [3.8, 4) is 0 Å². The van der Waals surface area contributed by atoms with Crippen molar-refractivity contribution < 1.29 is 22.4 Å². The Morgan fingerprint density at radius 3 is 2.41 bits per heavy atom. The number of nitrogens with zero attached hydrogens (tertiary/aromatic N) is 1. The molecule has 1 heterocycles. The van der Waals surface area contributed by atoms with Crippen LogP contribution in [0.25, 0.3) is 0 Å². The van der Waals surface area contributed by atoms with E-state index in [1.165, 1.54) is 36.4 Å². The number of nitrogens with one attached hydrogen (secondary N) is 2. The van der Waals surface area contributed by atoms with Gasteiger partial charge >= 0.3 is 0 Å². The standard InChI is InChI=1S/C23H20FN3O4S/c24-20-7-1-2-8-21(20)26-32(30,31)19-6-3-5-17(15-19)25-23(29)16-10-12-18(13-11-16)27-14-4-9-22(27)28/h1-3,5-8,10-13,15,26H,4,9,14H2,(H,25,29). The summed E-state index contributed by atoms with van der Waals surface area (Å²) in [6, 6.07) is 17.7. The van der Waals surface area contributed by atoms with Gasteiger partial charge in [0.05, 0.1) is 10.6 Å². The predicted octanol–water partition coefficient (Wildman–Crippen LogP) is 4.01. The van der Waals surface area contributed by atoms with E-state index in [4.69, 9.17) is 0 Å². The molecule has 9 heteroatoms. The van der Waals surface area contributed by atoms with Gasteiger partial charge in [-0.2, -0.15) is 0 Å². The van der Waals surface area contributed by atoms with E-state index >= 15 is 0 Å². The molecule has 0 unspecified atom stereocenters. The first-order chi connectivity index (χ1) is 15.3. The molecule has 0 saturated carbocycles. The third-order valence-corrected chi connectivity index (χ3v) is 6.40. The van der Waals surface area contributed by atoms with Crippen LogP contribution >= 0.6 is 0 Å². The summed E-state index contributed by atoms with van der Waals surface area (Å²) >= 11 is 0. The third kappa shape index (κ3) is 4.62. The first kappa shape index (κ1) is 21.5. The summed E-state index contributed by atoms with van der Waals surface area (Å²) < 4.78 is 41.3. The highest BCUT2D eigenvalue weighted by molar-refractivity contribution is 7.92. The lowest BCUT2D eigenvalue weighted by molar-refractivity contribution is -0.117. The van der Waals surface area contributed by atoms with E-state index in [1.54, 1.807) is 35.2 Å². The minimum absolute atomic E-state index is 0.0595. The summed E-state index contributed by atoms with van der Waals surface area (Å²) in [5.41, 5.74) is 1.19. The lowest BCUT2D eigenvalue weighted by atomic mass is 10.1. The molecular weight excluding hydrogens is 433 g/mol. The second-order valence-corrected chi connectivity index (χ2v) is 8.95. The number of anilines is 3. The van der Waals surface area contributed by atoms with Gasteiger partial charge < -0.3 is 10.2 Å². The van der Waals surface area contributed by atoms with Crippen molar-refractivity contribution in [2.45, 2.75) is 17.7 Å². The van der Waals surface area contributed by atoms with Crippen LogP contribution in [0.1, 0.15) is 23.2 Å². The van der Waals surface area contributed by atoms with E-state index < -0.39 is 21.7 Å². The maximum Gasteiger partial charge on any atom is 0.262 e. The Morgan fingerprint density at radius 2 is 1.72 bits per heavy atom. The fraction of sp³-hybridized carbons (Fsp3) is 0.130. The number of sulfonamides is 1. The fourth-order valence-corrected chi connectivity index (χ4v) is 4.52. The molecule has 3 aromatic rings. The Labute approximate surface area is 184 Å². The van der Waals surface area contributed by atoms with Crippen LogP contribution in [0.15, 0.2) is 77.7 Å². The van der Waals surface area contributed by atoms with Gasteiger partial charge in [-0.25, -0.2) is 12.8 Å². The Bertz CT molecular complexity index is 1280. The van der Waals surface area contributed by atoms with Gasteiger partial charge in [0.15, 0.2) is 0 Å². The highest BCUT2D eigenvalue weighted by Gasteiger charge is 2.22. The van der Waals surface area contributed by atoms with Crippen LogP contribution in [0.5, 0.6) is 0 Å². The van der Waals surface area contributed by atoms with Crippen LogP contribution in [0.2, 0.25) is 0 Å². The lowest BCUT2D eigenvalue weighted by Gasteiger charge is -2.16. The van der Waals surface area contributed by atoms with Crippen LogP contribution in [-0.4, -0.2) is 26.8 Å². The zero-order valence-corrected chi connectivity index (χ0v) is 17.7. The molecule has 3 aromatic carbocycles. The monoisotopic (exact) mass is 453 g/mol. The van der Waals surface area contributed by atoms with E-state index in [0.717, 1.165) is 18.2 Å². The van der Waals surface area contributed by atoms with Gasteiger partial charge in [-0.3, -0.25) is 14.3 Å². The predicted molar refractivity (Wildman–Crippen MR) is 120 cm³/mol. The van der Waals surface area contributed by atoms with Crippen molar-refractivity contribution in [2.24, 2.45) is 0 Å². The number of hydrogen-bond acceptors (Lipinski definition) is 4. The number of carbonyl (C=O) groups is 2. The Balaban J connectivity index is 1.48. The third-order valence-electron chi connectivity index (χ3n) is 5.03. The van der Waals surface area contributed by atoms with Gasteiger partial charge in [-0.05, 0) is 61.0 Å². The first-order valence-electron chi connectivity index (χ1n) is 9.93. The number of para-hydroxylation sites is 1. The molecule has 0 aromatic heterocycles. The summed E-state index contributed by atoms with van der Waals surface area (Å²) in [6.07, 6.45) is 1.33. The summed E-state index contributed by atoms with van der Waals surface area (Å²) in [7, 11) is -4.06. The molecule has 1 aliphatic heterocycles. The normalized spacial score (nSPS) is 13.8. The molecule has 0 radical (unpaired) electrons. The number of benzene rings is 3. The minimum Gasteiger partial charge on any atom is -0.322 e. The van der Waals surface area contributed by atoms with Crippen molar-refractivity contribution in [1.82, 2.24) is 0 Å². The SMILES string of the molecule is O=C(Nc1cccc(S(=O)(=O)Nc2ccccc2F)c1)c1ccc(N2CCCC2=O)cc1. The minimum atomic E-state index is -4.06. The molecule has 164 valence electrons. The van der Waals surface area contributed by atoms with E-state index in [2.05, 4.69) is 10.0 Å². The summed E-state index contributed by atoms with van der Waals surface area (Å²) in [5, 5.41) is 2.66. The van der Waals surface area contributed by atoms with Crippen LogP contribution in [0.4, 0.5) is 21.5 Å². The highest BCUT2D eigenvalue weighted by Crippen LogP contribution is 2.23. The number of rotatable bonds is 6. The topological polar surface area (TPSA) is 95.6 Å². The van der Waals surface area contributed by atoms with E-state index in [0.29, 0.717) is 18.5 Å². The molecule has 0 spiro atoms. The average Bonchev–Trinajstić information content (AvgIpc) is 3.21. The molecule has 0 bridgehead atoms. The van der Waals surface area contributed by atoms with Gasteiger partial charge in [0.25, 0.3) is 15.9 Å². The molecule has 4 rings (SSSR count). The summed E-state index contributed by atoms with van der Waals surface area (Å²) in [4.78, 5) is 26.0. The average molecular weight is 453 g/mol. The molecule has 1 aliphatic rings. The van der Waals surface area contributed by atoms with Crippen LogP contribution < -0.4 is 14.9 Å². The van der Waals surface area contributed by atoms with Crippen molar-refractivity contribution in [3.05, 3.63) is 84.2 Å². The molecule has 0 atom stereocenters. The maximum atomic E-state index is 13.8. The molecule has 1 saturated heterocycles. The highest BCUT2D eigenvalue weighted by atomic mass is 32.2. The van der Waals surface area contributed by atoms with Crippen LogP contribution in [-0.2, 0) is 14.8 Å². The molecule has 7 nitrogen and oxygen atoms in total. The van der Waals surface area contributed by atoms with Gasteiger partial charge in [0, 0.05) is 29.9 Å². The molecule has 2 amide bonds. The van der Waals surface area contributed by atoms with E-state index in [1.807, 2.05) is 0 Å². The lowest BCUT2D eigenvalue weighted by Crippen LogP contribution is -2.23. The second-order valence-electron chi connectivity index (χ2n) is 7.26. The zero-order valence-electron chi connectivity index (χ0n) is 16.9. The van der Waals surface area contributed by atoms with Gasteiger partial charge in [-0.15, -0.1) is 0 Å². The van der Waals surface area contributed by atoms with Crippen LogP contribution in [0, 0.1) is 5.82 Å². The van der Waals surface area contributed by atoms with Gasteiger partial charge in [0.1, 0.15) is 5.82 Å². The fourth-order valence-electron chi connectivity index (χ4n) is 3.41. The molecule has 2 N–H and O–H groups in total. The zero-order chi connectivity index (χ0) is 22.7. The Hall–Kier alpha value is -3.72. The van der Waals surface area contributed by atoms with Gasteiger partial charge in [0.2, 0.25) is 5.91 Å². The first-order valence-corrected chi connectivity index (χ1v) is 11.4. The quantitative estimate of drug-likeness (QED) is 0.590. The molecule has 1 fully saturated rings. The maximum absolute atomic E-state index is 13.8. The number of halogens is 1. The van der Waals surface area contributed by atoms with Crippen LogP contribution in [0.3, 0.4) is 0 Å².